The van der Waals surface area contributed by atoms with Crippen molar-refractivity contribution in [3.05, 3.63) is 168 Å². The molecule has 1 fully saturated rings. The van der Waals surface area contributed by atoms with Crippen LogP contribution in [0.15, 0.2) is 144 Å². The van der Waals surface area contributed by atoms with Crippen molar-refractivity contribution in [2.45, 2.75) is 34.7 Å². The summed E-state index contributed by atoms with van der Waals surface area (Å²) in [6, 6.07) is 26.1. The third kappa shape index (κ3) is 11.2. The zero-order chi connectivity index (χ0) is 40.3. The second-order valence-electron chi connectivity index (χ2n) is 12.1. The number of aliphatic hydroxyl groups excluding tert-OH is 4. The summed E-state index contributed by atoms with van der Waals surface area (Å²) in [4.78, 5) is 23.5. The average molecular weight is 935 g/mol. The fourth-order valence-electron chi connectivity index (χ4n) is 5.56. The van der Waals surface area contributed by atoms with Crippen LogP contribution in [-0.2, 0) is 24.2 Å². The van der Waals surface area contributed by atoms with Crippen LogP contribution in [-0.4, -0.2) is 83.0 Å². The van der Waals surface area contributed by atoms with Gasteiger partial charge in [0, 0.05) is 31.0 Å². The Hall–Kier alpha value is -4.97. The summed E-state index contributed by atoms with van der Waals surface area (Å²) >= 11 is 0.0695. The molecule has 5 aromatic heterocycles. The van der Waals surface area contributed by atoms with Gasteiger partial charge in [-0.15, -0.1) is 18.1 Å². The van der Waals surface area contributed by atoms with Gasteiger partial charge in [-0.2, -0.15) is 6.20 Å². The molecule has 11 nitrogen and oxygen atoms in total. The van der Waals surface area contributed by atoms with Gasteiger partial charge in [-0.3, -0.25) is 24.9 Å². The van der Waals surface area contributed by atoms with E-state index in [9.17, 15) is 20.4 Å². The Morgan fingerprint density at radius 3 is 1.53 bits per heavy atom. The van der Waals surface area contributed by atoms with Crippen molar-refractivity contribution >= 4 is 36.0 Å². The molecule has 0 spiro atoms. The molecule has 7 heterocycles. The number of halogens is 5. The molecule has 59 heavy (non-hydrogen) atoms. The number of aromatic nitrogens is 5. The van der Waals surface area contributed by atoms with E-state index in [0.717, 1.165) is 22.8 Å². The molecule has 2 aliphatic rings. The van der Waals surface area contributed by atoms with E-state index >= 15 is 17.6 Å². The number of aliphatic hydroxyl groups is 4. The van der Waals surface area contributed by atoms with Crippen molar-refractivity contribution in [2.24, 2.45) is 4.99 Å². The summed E-state index contributed by atoms with van der Waals surface area (Å²) in [5.74, 6) is -6.97. The van der Waals surface area contributed by atoms with E-state index in [2.05, 4.69) is 29.9 Å². The fourth-order valence-corrected chi connectivity index (χ4v) is 6.67. The van der Waals surface area contributed by atoms with Gasteiger partial charge in [-0.25, -0.2) is 17.6 Å². The number of aliphatic imine (C=N–C) groups is 1. The standard InChI is InChI=1S/C21H17F4N2O5S.2C10H8N2.ClH.Ru/c22-13-12(11(8-3-1-5-26-8)9-4-2-6-27-9)14(23)16(25)20(15(13)24)33-21-19(31)18(30)17(29)10(7-28)32-21;2*1-3-7-11-9(5-1)10-6-2-4-8-12-10;;/h1-6,10,17-19,21,28-31H,7H2;2*1-8H;1H;/q-1;;;;+1/t10?,17-,18+,19?,21+;;;;/m1..../s1. The van der Waals surface area contributed by atoms with Gasteiger partial charge >= 0.3 is 19.5 Å². The van der Waals surface area contributed by atoms with Crippen molar-refractivity contribution in [3.8, 4) is 22.8 Å². The monoisotopic (exact) mass is 935 g/mol. The van der Waals surface area contributed by atoms with Gasteiger partial charge in [0.25, 0.3) is 0 Å². The quantitative estimate of drug-likeness (QED) is 0.0818. The normalized spacial score (nSPS) is 19.9. The summed E-state index contributed by atoms with van der Waals surface area (Å²) in [6.45, 7) is -0.785. The van der Waals surface area contributed by atoms with E-state index in [-0.39, 0.29) is 60.6 Å². The Morgan fingerprint density at radius 2 is 1.15 bits per heavy atom. The summed E-state index contributed by atoms with van der Waals surface area (Å²) in [5, 5.41) is 39.1. The van der Waals surface area contributed by atoms with Crippen molar-refractivity contribution < 1.29 is 62.2 Å². The molecule has 1 radical (unpaired) electrons. The Bertz CT molecular complexity index is 2130. The van der Waals surface area contributed by atoms with Crippen LogP contribution in [0.5, 0.6) is 0 Å². The molecule has 2 aliphatic heterocycles. The maximum absolute atomic E-state index is 15.2. The molecule has 2 unspecified atom stereocenters. The van der Waals surface area contributed by atoms with Crippen LogP contribution in [0.4, 0.5) is 17.6 Å². The Kier molecular flexibility index (Phi) is 17.8. The maximum atomic E-state index is 15.2. The smallest absolute Gasteiger partial charge is 0.664 e. The minimum Gasteiger partial charge on any atom is -0.664 e. The molecule has 307 valence electrons. The molecule has 4 N–H and O–H groups in total. The van der Waals surface area contributed by atoms with Gasteiger partial charge in [0.2, 0.25) is 0 Å². The number of pyridine rings is 4. The molecule has 18 heteroatoms. The minimum atomic E-state index is -1.87. The van der Waals surface area contributed by atoms with Crippen LogP contribution in [0.25, 0.3) is 28.3 Å². The first-order valence-corrected chi connectivity index (χ1v) is 18.1. The third-order valence-electron chi connectivity index (χ3n) is 8.36. The van der Waals surface area contributed by atoms with Crippen molar-refractivity contribution in [3.63, 3.8) is 0 Å². The minimum absolute atomic E-state index is 0. The summed E-state index contributed by atoms with van der Waals surface area (Å²) in [5.41, 5.74) is 0.820. The first-order chi connectivity index (χ1) is 27.7. The molecule has 8 rings (SSSR count). The van der Waals surface area contributed by atoms with Crippen LogP contribution in [0.3, 0.4) is 0 Å². The number of benzene rings is 1. The molecule has 6 aromatic rings. The van der Waals surface area contributed by atoms with Crippen LogP contribution in [0.2, 0.25) is 0 Å². The number of ether oxygens (including phenoxy) is 1. The molecular weight excluding hydrogens is 901 g/mol. The summed E-state index contributed by atoms with van der Waals surface area (Å²) in [6.07, 6.45) is 5.84. The van der Waals surface area contributed by atoms with E-state index < -0.39 is 70.2 Å². The van der Waals surface area contributed by atoms with Gasteiger partial charge in [-0.1, -0.05) is 48.2 Å². The number of rotatable bonds is 7. The van der Waals surface area contributed by atoms with Crippen molar-refractivity contribution in [1.29, 1.82) is 0 Å². The van der Waals surface area contributed by atoms with Crippen molar-refractivity contribution in [2.75, 3.05) is 6.61 Å². The first kappa shape index (κ1) is 46.7. The molecule has 0 aliphatic carbocycles. The molecule has 0 saturated carbocycles. The summed E-state index contributed by atoms with van der Waals surface area (Å²) < 4.78 is 65.6. The molecule has 5 atom stereocenters. The predicted octanol–water partition coefficient (Wildman–Crippen LogP) is 6.20. The second kappa shape index (κ2) is 22.4. The second-order valence-corrected chi connectivity index (χ2v) is 13.2. The Labute approximate surface area is 358 Å². The van der Waals surface area contributed by atoms with Gasteiger partial charge in [0.1, 0.15) is 29.9 Å². The first-order valence-electron chi connectivity index (χ1n) is 17.2. The van der Waals surface area contributed by atoms with E-state index in [1.54, 1.807) is 24.8 Å². The predicted molar refractivity (Wildman–Crippen MR) is 211 cm³/mol. The SMILES string of the molecule is Cl.OCC1O[C@@H](Sc2c(F)c(F)c(C(=C3C=CC=N3)c3ccc[n-]3)c(F)c2F)C(O)[C@@H](O)[C@@H]1O.[Ru+].c1ccc(-c2ccccn2)nc1.c1ccc(-c2ccccn2)nc1. The van der Waals surface area contributed by atoms with Crippen LogP contribution < -0.4 is 4.98 Å². The third-order valence-corrected chi connectivity index (χ3v) is 9.58. The number of hydrogen-bond donors (Lipinski definition) is 4. The van der Waals surface area contributed by atoms with E-state index in [4.69, 9.17) is 4.74 Å². The van der Waals surface area contributed by atoms with Crippen LogP contribution >= 0.6 is 24.2 Å². The summed E-state index contributed by atoms with van der Waals surface area (Å²) in [7, 11) is 0. The maximum Gasteiger partial charge on any atom is 1.00 e. The van der Waals surface area contributed by atoms with E-state index in [0.29, 0.717) is 0 Å². The van der Waals surface area contributed by atoms with E-state index in [1.807, 2.05) is 72.8 Å². The fraction of sp³-hybridized carbons (Fsp3) is 0.146. The number of allylic oxidation sites excluding steroid dienone is 2. The number of thioether (sulfide) groups is 1. The van der Waals surface area contributed by atoms with Crippen LogP contribution in [0, 0.1) is 23.3 Å². The Morgan fingerprint density at radius 1 is 0.661 bits per heavy atom. The average Bonchev–Trinajstić information content (AvgIpc) is 4.01. The zero-order valence-electron chi connectivity index (χ0n) is 30.4. The molecule has 0 bridgehead atoms. The van der Waals surface area contributed by atoms with Gasteiger partial charge < -0.3 is 30.1 Å². The number of hydrogen-bond acceptors (Lipinski definition) is 11. The van der Waals surface area contributed by atoms with Gasteiger partial charge in [0.05, 0.1) is 45.5 Å². The van der Waals surface area contributed by atoms with Crippen LogP contribution in [0.1, 0.15) is 11.3 Å². The zero-order valence-corrected chi connectivity index (χ0v) is 33.7. The van der Waals surface area contributed by atoms with E-state index in [1.165, 1.54) is 36.7 Å². The molecule has 0 amide bonds. The Balaban J connectivity index is 0.000000240. The van der Waals surface area contributed by atoms with Crippen molar-refractivity contribution in [1.82, 2.24) is 24.9 Å². The largest absolute Gasteiger partial charge is 1.00 e. The van der Waals surface area contributed by atoms with Gasteiger partial charge in [-0.05, 0) is 66.3 Å². The number of nitrogens with zero attached hydrogens (tertiary/aromatic N) is 6. The van der Waals surface area contributed by atoms with Gasteiger partial charge in [0.15, 0.2) is 23.3 Å². The molecule has 1 aromatic carbocycles. The topological polar surface area (TPSA) is 168 Å². The molecule has 1 saturated heterocycles. The molecular formula is C41H34ClF4N6O5RuS.